The molecule has 0 bridgehead atoms. The van der Waals surface area contributed by atoms with Crippen molar-refractivity contribution in [3.63, 3.8) is 0 Å². The van der Waals surface area contributed by atoms with Gasteiger partial charge in [0.15, 0.2) is 18.2 Å². The first-order valence-electron chi connectivity index (χ1n) is 13.0. The molecule has 1 unspecified atom stereocenters. The molecule has 0 aliphatic rings. The van der Waals surface area contributed by atoms with Gasteiger partial charge in [0.2, 0.25) is 5.91 Å². The van der Waals surface area contributed by atoms with Crippen LogP contribution in [0.4, 0.5) is 0 Å². The van der Waals surface area contributed by atoms with E-state index >= 15 is 0 Å². The zero-order chi connectivity index (χ0) is 28.2. The average molecular weight is 552 g/mol. The summed E-state index contributed by atoms with van der Waals surface area (Å²) < 4.78 is 34.4. The van der Waals surface area contributed by atoms with E-state index in [0.717, 1.165) is 16.7 Å². The molecular formula is C31H41NO4SSi. The van der Waals surface area contributed by atoms with E-state index < -0.39 is 29.3 Å². The largest absolute Gasteiger partial charge is 0.415 e. The molecule has 0 saturated heterocycles. The smallest absolute Gasteiger partial charge is 0.234 e. The highest BCUT2D eigenvalue weighted by molar-refractivity contribution is 7.91. The summed E-state index contributed by atoms with van der Waals surface area (Å²) in [5.41, 5.74) is 2.12. The van der Waals surface area contributed by atoms with E-state index in [1.807, 2.05) is 68.4 Å². The van der Waals surface area contributed by atoms with Crippen molar-refractivity contribution in [2.24, 2.45) is 0 Å². The SMILES string of the molecule is Cc1ccc(C(CO[Si](C)(C)C(C)(C)C)(CS(=O)(=O)c2ccc(C)cc2)C(=O)NCc2ccccc2)cc1. The number of hydrogen-bond acceptors (Lipinski definition) is 4. The number of benzene rings is 3. The molecule has 1 atom stereocenters. The van der Waals surface area contributed by atoms with Gasteiger partial charge in [0.05, 0.1) is 17.3 Å². The van der Waals surface area contributed by atoms with Gasteiger partial charge in [0, 0.05) is 6.54 Å². The molecule has 38 heavy (non-hydrogen) atoms. The van der Waals surface area contributed by atoms with Gasteiger partial charge < -0.3 is 9.74 Å². The van der Waals surface area contributed by atoms with E-state index in [-0.39, 0.29) is 29.0 Å². The molecule has 1 amide bonds. The van der Waals surface area contributed by atoms with Gasteiger partial charge in [-0.1, -0.05) is 98.6 Å². The van der Waals surface area contributed by atoms with Gasteiger partial charge in [-0.25, -0.2) is 8.42 Å². The third kappa shape index (κ3) is 7.01. The zero-order valence-electron chi connectivity index (χ0n) is 23.7. The number of aryl methyl sites for hydroxylation is 2. The highest BCUT2D eigenvalue weighted by Gasteiger charge is 2.48. The van der Waals surface area contributed by atoms with Crippen molar-refractivity contribution in [3.8, 4) is 0 Å². The Morgan fingerprint density at radius 2 is 1.37 bits per heavy atom. The Morgan fingerprint density at radius 1 is 0.842 bits per heavy atom. The van der Waals surface area contributed by atoms with Crippen molar-refractivity contribution in [2.75, 3.05) is 12.4 Å². The van der Waals surface area contributed by atoms with Gasteiger partial charge in [-0.15, -0.1) is 0 Å². The third-order valence-electron chi connectivity index (χ3n) is 7.64. The van der Waals surface area contributed by atoms with E-state index in [0.29, 0.717) is 5.56 Å². The first-order valence-corrected chi connectivity index (χ1v) is 17.6. The predicted octanol–water partition coefficient (Wildman–Crippen LogP) is 6.35. The molecule has 0 spiro atoms. The average Bonchev–Trinajstić information content (AvgIpc) is 2.86. The minimum Gasteiger partial charge on any atom is -0.415 e. The van der Waals surface area contributed by atoms with Gasteiger partial charge in [-0.3, -0.25) is 4.79 Å². The van der Waals surface area contributed by atoms with Crippen LogP contribution in [0, 0.1) is 13.8 Å². The fourth-order valence-electron chi connectivity index (χ4n) is 3.96. The summed E-state index contributed by atoms with van der Waals surface area (Å²) in [6, 6.07) is 23.9. The van der Waals surface area contributed by atoms with Crippen LogP contribution in [0.1, 0.15) is 43.0 Å². The lowest BCUT2D eigenvalue weighted by Crippen LogP contribution is -2.54. The summed E-state index contributed by atoms with van der Waals surface area (Å²) in [5.74, 6) is -0.763. The van der Waals surface area contributed by atoms with Crippen LogP contribution in [-0.2, 0) is 31.0 Å². The second-order valence-corrected chi connectivity index (χ2v) is 18.5. The molecule has 3 rings (SSSR count). The maximum atomic E-state index is 14.2. The summed E-state index contributed by atoms with van der Waals surface area (Å²) in [5, 5.41) is 2.93. The van der Waals surface area contributed by atoms with Gasteiger partial charge in [0.25, 0.3) is 0 Å². The first-order chi connectivity index (χ1) is 17.7. The molecule has 3 aromatic carbocycles. The summed E-state index contributed by atoms with van der Waals surface area (Å²) in [4.78, 5) is 14.4. The molecule has 0 radical (unpaired) electrons. The van der Waals surface area contributed by atoms with E-state index in [1.54, 1.807) is 24.3 Å². The number of nitrogens with one attached hydrogen (secondary N) is 1. The van der Waals surface area contributed by atoms with Crippen LogP contribution in [0.15, 0.2) is 83.8 Å². The van der Waals surface area contributed by atoms with Crippen LogP contribution in [0.3, 0.4) is 0 Å². The summed E-state index contributed by atoms with van der Waals surface area (Å²) >= 11 is 0. The van der Waals surface area contributed by atoms with E-state index in [4.69, 9.17) is 4.43 Å². The Bertz CT molecular complexity index is 1330. The quantitative estimate of drug-likeness (QED) is 0.298. The van der Waals surface area contributed by atoms with Crippen molar-refractivity contribution < 1.29 is 17.6 Å². The van der Waals surface area contributed by atoms with Crippen molar-refractivity contribution in [3.05, 3.63) is 101 Å². The Morgan fingerprint density at radius 3 is 1.89 bits per heavy atom. The van der Waals surface area contributed by atoms with Crippen molar-refractivity contribution in [1.82, 2.24) is 5.32 Å². The summed E-state index contributed by atoms with van der Waals surface area (Å²) in [6.45, 7) is 14.8. The van der Waals surface area contributed by atoms with Crippen LogP contribution in [0.2, 0.25) is 18.1 Å². The molecule has 0 fully saturated rings. The molecule has 7 heteroatoms. The van der Waals surface area contributed by atoms with E-state index in [1.165, 1.54) is 0 Å². The fourth-order valence-corrected chi connectivity index (χ4v) is 6.75. The molecule has 204 valence electrons. The lowest BCUT2D eigenvalue weighted by molar-refractivity contribution is -0.127. The molecule has 0 aliphatic carbocycles. The molecule has 3 aromatic rings. The van der Waals surface area contributed by atoms with Gasteiger partial charge >= 0.3 is 0 Å². The topological polar surface area (TPSA) is 72.5 Å². The standard InChI is InChI=1S/C31H41NO4SSi/c1-24-13-17-27(18-14-24)31(22-36-38(6,7)30(3,4)5,29(33)32-21-26-11-9-8-10-12-26)23-37(34,35)28-19-15-25(2)16-20-28/h8-20H,21-23H2,1-7H3,(H,32,33). The predicted molar refractivity (Wildman–Crippen MR) is 158 cm³/mol. The Hall–Kier alpha value is -2.74. The Balaban J connectivity index is 2.13. The van der Waals surface area contributed by atoms with Crippen LogP contribution < -0.4 is 5.32 Å². The van der Waals surface area contributed by atoms with Crippen molar-refractivity contribution >= 4 is 24.1 Å². The second kappa shape index (κ2) is 11.6. The maximum Gasteiger partial charge on any atom is 0.234 e. The summed E-state index contributed by atoms with van der Waals surface area (Å²) in [6.07, 6.45) is 0. The molecule has 0 heterocycles. The lowest BCUT2D eigenvalue weighted by atomic mass is 9.81. The fraction of sp³-hybridized carbons (Fsp3) is 0.387. The minimum atomic E-state index is -3.85. The number of sulfone groups is 1. The molecule has 5 nitrogen and oxygen atoms in total. The van der Waals surface area contributed by atoms with E-state index in [2.05, 4.69) is 39.2 Å². The molecule has 0 saturated carbocycles. The van der Waals surface area contributed by atoms with Crippen LogP contribution >= 0.6 is 0 Å². The lowest BCUT2D eigenvalue weighted by Gasteiger charge is -2.41. The zero-order valence-corrected chi connectivity index (χ0v) is 25.5. The summed E-state index contributed by atoms with van der Waals surface area (Å²) in [7, 11) is -6.18. The highest BCUT2D eigenvalue weighted by atomic mass is 32.2. The minimum absolute atomic E-state index is 0.0295. The van der Waals surface area contributed by atoms with E-state index in [9.17, 15) is 13.2 Å². The Kier molecular flexibility index (Phi) is 9.07. The van der Waals surface area contributed by atoms with Crippen LogP contribution in [-0.4, -0.2) is 35.0 Å². The van der Waals surface area contributed by atoms with Crippen molar-refractivity contribution in [2.45, 2.75) is 69.6 Å². The molecule has 1 N–H and O–H groups in total. The number of carbonyl (C=O) groups excluding carboxylic acids is 1. The molecule has 0 aromatic heterocycles. The normalized spacial score (nSPS) is 14.1. The van der Waals surface area contributed by atoms with Crippen molar-refractivity contribution in [1.29, 1.82) is 0 Å². The molecular weight excluding hydrogens is 510 g/mol. The monoisotopic (exact) mass is 551 g/mol. The maximum absolute atomic E-state index is 14.2. The number of rotatable bonds is 10. The third-order valence-corrected chi connectivity index (χ3v) is 14.0. The van der Waals surface area contributed by atoms with Crippen LogP contribution in [0.5, 0.6) is 0 Å². The molecule has 0 aliphatic heterocycles. The highest BCUT2D eigenvalue weighted by Crippen LogP contribution is 2.39. The second-order valence-electron chi connectivity index (χ2n) is 11.7. The first kappa shape index (κ1) is 29.8. The number of amides is 1. The number of hydrogen-bond donors (Lipinski definition) is 1. The van der Waals surface area contributed by atoms with Gasteiger partial charge in [0.1, 0.15) is 5.41 Å². The van der Waals surface area contributed by atoms with Gasteiger partial charge in [-0.05, 0) is 55.2 Å². The van der Waals surface area contributed by atoms with Gasteiger partial charge in [-0.2, -0.15) is 0 Å². The Labute approximate surface area is 229 Å². The number of carbonyl (C=O) groups is 1. The van der Waals surface area contributed by atoms with Crippen LogP contribution in [0.25, 0.3) is 0 Å².